The molecule has 0 unspecified atom stereocenters. The molecule has 4 aromatic rings. The molecule has 1 fully saturated rings. The second-order valence-electron chi connectivity index (χ2n) is 7.30. The predicted octanol–water partition coefficient (Wildman–Crippen LogP) is 4.31. The van der Waals surface area contributed by atoms with Crippen molar-refractivity contribution in [3.63, 3.8) is 0 Å². The predicted molar refractivity (Wildman–Crippen MR) is 112 cm³/mol. The Labute approximate surface area is 172 Å². The zero-order chi connectivity index (χ0) is 20.0. The lowest BCUT2D eigenvalue weighted by molar-refractivity contribution is 0.0951. The lowest BCUT2D eigenvalue weighted by Crippen LogP contribution is -2.25. The van der Waals surface area contributed by atoms with Crippen molar-refractivity contribution < 1.29 is 4.79 Å². The monoisotopic (exact) mass is 403 g/mol. The van der Waals surface area contributed by atoms with Gasteiger partial charge in [-0.05, 0) is 66.8 Å². The largest absolute Gasteiger partial charge is 0.349 e. The molecule has 1 aromatic carbocycles. The molecule has 3 aromatic heterocycles. The second-order valence-corrected chi connectivity index (χ2v) is 7.71. The number of halogens is 1. The fourth-order valence-electron chi connectivity index (χ4n) is 3.37. The first kappa shape index (κ1) is 17.8. The van der Waals surface area contributed by atoms with Gasteiger partial charge >= 0.3 is 0 Å². The standard InChI is InChI=1S/C22H18ClN5O/c1-13-2-3-15(22(29)25-16-4-5-16)10-18(13)14-7-9-28-20(11-14)26-27-21(28)17-6-8-24-12-19(17)23/h2-3,6-12,16H,4-5H2,1H3,(H,25,29). The van der Waals surface area contributed by atoms with Crippen LogP contribution in [-0.2, 0) is 0 Å². The van der Waals surface area contributed by atoms with E-state index in [1.807, 2.05) is 53.9 Å². The van der Waals surface area contributed by atoms with Crippen molar-refractivity contribution in [1.82, 2.24) is 24.9 Å². The van der Waals surface area contributed by atoms with Crippen LogP contribution in [-0.4, -0.2) is 31.5 Å². The maximum Gasteiger partial charge on any atom is 0.251 e. The summed E-state index contributed by atoms with van der Waals surface area (Å²) >= 11 is 6.27. The van der Waals surface area contributed by atoms with E-state index < -0.39 is 0 Å². The molecule has 0 atom stereocenters. The molecule has 0 saturated heterocycles. The first-order valence-corrected chi connectivity index (χ1v) is 9.84. The summed E-state index contributed by atoms with van der Waals surface area (Å²) in [6, 6.07) is 11.9. The highest BCUT2D eigenvalue weighted by Gasteiger charge is 2.24. The molecular formula is C22H18ClN5O. The van der Waals surface area contributed by atoms with Crippen molar-refractivity contribution in [2.75, 3.05) is 0 Å². The number of benzene rings is 1. The van der Waals surface area contributed by atoms with E-state index in [1.54, 1.807) is 12.4 Å². The van der Waals surface area contributed by atoms with Gasteiger partial charge in [0.05, 0.1) is 5.02 Å². The number of hydrogen-bond donors (Lipinski definition) is 1. The van der Waals surface area contributed by atoms with Gasteiger partial charge in [-0.2, -0.15) is 0 Å². The van der Waals surface area contributed by atoms with Crippen LogP contribution >= 0.6 is 11.6 Å². The smallest absolute Gasteiger partial charge is 0.251 e. The van der Waals surface area contributed by atoms with E-state index in [-0.39, 0.29) is 5.91 Å². The van der Waals surface area contributed by atoms with Gasteiger partial charge in [-0.3, -0.25) is 14.2 Å². The van der Waals surface area contributed by atoms with Crippen LogP contribution in [0.25, 0.3) is 28.2 Å². The van der Waals surface area contributed by atoms with Crippen LogP contribution in [0.2, 0.25) is 5.02 Å². The fourth-order valence-corrected chi connectivity index (χ4v) is 3.57. The Morgan fingerprint density at radius 2 is 2.00 bits per heavy atom. The van der Waals surface area contributed by atoms with Crippen LogP contribution in [0.5, 0.6) is 0 Å². The average Bonchev–Trinajstić information content (AvgIpc) is 3.44. The number of carbonyl (C=O) groups excluding carboxylic acids is 1. The van der Waals surface area contributed by atoms with Gasteiger partial charge in [-0.15, -0.1) is 10.2 Å². The fraction of sp³-hybridized carbons (Fsp3) is 0.182. The minimum Gasteiger partial charge on any atom is -0.349 e. The first-order chi connectivity index (χ1) is 14.1. The van der Waals surface area contributed by atoms with Crippen LogP contribution in [0.4, 0.5) is 0 Å². The minimum atomic E-state index is -0.0214. The van der Waals surface area contributed by atoms with Crippen molar-refractivity contribution >= 4 is 23.2 Å². The topological polar surface area (TPSA) is 72.2 Å². The van der Waals surface area contributed by atoms with Crippen molar-refractivity contribution in [2.24, 2.45) is 0 Å². The molecule has 5 rings (SSSR count). The van der Waals surface area contributed by atoms with Gasteiger partial charge in [0.15, 0.2) is 11.5 Å². The molecule has 1 aliphatic rings. The Morgan fingerprint density at radius 3 is 2.79 bits per heavy atom. The number of amides is 1. The third kappa shape index (κ3) is 3.36. The SMILES string of the molecule is Cc1ccc(C(=O)NC2CC2)cc1-c1ccn2c(-c3ccncc3Cl)nnc2c1. The van der Waals surface area contributed by atoms with Crippen molar-refractivity contribution in [1.29, 1.82) is 0 Å². The van der Waals surface area contributed by atoms with Crippen LogP contribution in [0.3, 0.4) is 0 Å². The zero-order valence-electron chi connectivity index (χ0n) is 15.8. The molecule has 0 spiro atoms. The van der Waals surface area contributed by atoms with E-state index in [2.05, 4.69) is 20.5 Å². The van der Waals surface area contributed by atoms with E-state index >= 15 is 0 Å². The van der Waals surface area contributed by atoms with Gasteiger partial charge in [0.2, 0.25) is 0 Å². The van der Waals surface area contributed by atoms with Crippen LogP contribution in [0.15, 0.2) is 55.0 Å². The highest BCUT2D eigenvalue weighted by molar-refractivity contribution is 6.33. The van der Waals surface area contributed by atoms with Crippen molar-refractivity contribution in [2.45, 2.75) is 25.8 Å². The molecule has 0 aliphatic heterocycles. The number of aromatic nitrogens is 4. The average molecular weight is 404 g/mol. The number of carbonyl (C=O) groups is 1. The Kier molecular flexibility index (Phi) is 4.28. The summed E-state index contributed by atoms with van der Waals surface area (Å²) < 4.78 is 1.89. The van der Waals surface area contributed by atoms with E-state index in [1.165, 1.54) is 0 Å². The van der Waals surface area contributed by atoms with Crippen LogP contribution < -0.4 is 5.32 Å². The van der Waals surface area contributed by atoms with Gasteiger partial charge in [0.1, 0.15) is 0 Å². The number of hydrogen-bond acceptors (Lipinski definition) is 4. The summed E-state index contributed by atoms with van der Waals surface area (Å²) in [5.41, 5.74) is 5.23. The molecule has 3 heterocycles. The lowest BCUT2D eigenvalue weighted by atomic mass is 9.98. The number of nitrogens with one attached hydrogen (secondary N) is 1. The molecule has 144 valence electrons. The third-order valence-electron chi connectivity index (χ3n) is 5.15. The number of pyridine rings is 2. The maximum absolute atomic E-state index is 12.4. The lowest BCUT2D eigenvalue weighted by Gasteiger charge is -2.10. The second kappa shape index (κ2) is 6.97. The van der Waals surface area contributed by atoms with Gasteiger partial charge in [0.25, 0.3) is 5.91 Å². The third-order valence-corrected chi connectivity index (χ3v) is 5.45. The molecule has 1 saturated carbocycles. The molecule has 29 heavy (non-hydrogen) atoms. The van der Waals surface area contributed by atoms with E-state index in [0.717, 1.165) is 35.1 Å². The number of aryl methyl sites for hydroxylation is 1. The van der Waals surface area contributed by atoms with E-state index in [9.17, 15) is 4.79 Å². The highest BCUT2D eigenvalue weighted by Crippen LogP contribution is 2.29. The van der Waals surface area contributed by atoms with E-state index in [4.69, 9.17) is 11.6 Å². The summed E-state index contributed by atoms with van der Waals surface area (Å²) in [6.07, 6.45) is 7.33. The Bertz CT molecular complexity index is 1250. The summed E-state index contributed by atoms with van der Waals surface area (Å²) in [5, 5.41) is 12.2. The van der Waals surface area contributed by atoms with Crippen molar-refractivity contribution in [3.05, 3.63) is 71.1 Å². The number of nitrogens with zero attached hydrogens (tertiary/aromatic N) is 4. The molecule has 0 bridgehead atoms. The minimum absolute atomic E-state index is 0.0214. The highest BCUT2D eigenvalue weighted by atomic mass is 35.5. The Hall–Kier alpha value is -3.25. The molecule has 1 amide bonds. The summed E-state index contributed by atoms with van der Waals surface area (Å²) in [5.74, 6) is 0.639. The van der Waals surface area contributed by atoms with Crippen LogP contribution in [0, 0.1) is 6.92 Å². The van der Waals surface area contributed by atoms with Gasteiger partial charge < -0.3 is 5.32 Å². The zero-order valence-corrected chi connectivity index (χ0v) is 16.5. The van der Waals surface area contributed by atoms with Gasteiger partial charge in [-0.1, -0.05) is 17.7 Å². The normalized spacial score (nSPS) is 13.6. The molecule has 1 N–H and O–H groups in total. The van der Waals surface area contributed by atoms with Crippen molar-refractivity contribution in [3.8, 4) is 22.5 Å². The molecule has 7 heteroatoms. The Balaban J connectivity index is 1.54. The van der Waals surface area contributed by atoms with Gasteiger partial charge in [0, 0.05) is 35.8 Å². The summed E-state index contributed by atoms with van der Waals surface area (Å²) in [7, 11) is 0. The quantitative estimate of drug-likeness (QED) is 0.551. The molecule has 0 radical (unpaired) electrons. The number of rotatable bonds is 4. The number of fused-ring (bicyclic) bond motifs is 1. The Morgan fingerprint density at radius 1 is 1.14 bits per heavy atom. The summed E-state index contributed by atoms with van der Waals surface area (Å²) in [6.45, 7) is 2.04. The maximum atomic E-state index is 12.4. The molecular weight excluding hydrogens is 386 g/mol. The first-order valence-electron chi connectivity index (χ1n) is 9.47. The molecule has 6 nitrogen and oxygen atoms in total. The van der Waals surface area contributed by atoms with Crippen LogP contribution in [0.1, 0.15) is 28.8 Å². The summed E-state index contributed by atoms with van der Waals surface area (Å²) in [4.78, 5) is 16.5. The van der Waals surface area contributed by atoms with Gasteiger partial charge in [-0.25, -0.2) is 0 Å². The molecule has 1 aliphatic carbocycles. The van der Waals surface area contributed by atoms with E-state index in [0.29, 0.717) is 28.1 Å².